The van der Waals surface area contributed by atoms with E-state index < -0.39 is 0 Å². The number of carbonyl (C=O) groups is 2. The minimum atomic E-state index is -0.0234. The van der Waals surface area contributed by atoms with Crippen LogP contribution in [0.3, 0.4) is 0 Å². The third-order valence-corrected chi connectivity index (χ3v) is 7.75. The van der Waals surface area contributed by atoms with Crippen LogP contribution in [0, 0.1) is 0 Å². The van der Waals surface area contributed by atoms with Gasteiger partial charge < -0.3 is 0 Å². The van der Waals surface area contributed by atoms with Crippen LogP contribution in [-0.4, -0.2) is 82.4 Å². The van der Waals surface area contributed by atoms with E-state index in [2.05, 4.69) is 32.1 Å². The number of rotatable bonds is 12. The van der Waals surface area contributed by atoms with Gasteiger partial charge in [-0.2, -0.15) is 0 Å². The quantitative estimate of drug-likeness (QED) is 0.120. The molecule has 0 aliphatic carbocycles. The van der Waals surface area contributed by atoms with Crippen LogP contribution in [0.2, 0.25) is 0 Å². The molecule has 0 bridgehead atoms. The molecule has 2 amide bonds. The van der Waals surface area contributed by atoms with Gasteiger partial charge in [-0.05, 0) is 0 Å². The third kappa shape index (κ3) is 7.79. The maximum atomic E-state index is 11.6. The van der Waals surface area contributed by atoms with Crippen LogP contribution in [-0.2, 0) is 9.59 Å². The van der Waals surface area contributed by atoms with Crippen LogP contribution in [0.15, 0.2) is 25.3 Å². The van der Waals surface area contributed by atoms with Crippen molar-refractivity contribution in [1.82, 2.24) is 9.80 Å². The Morgan fingerprint density at radius 3 is 1.71 bits per heavy atom. The van der Waals surface area contributed by atoms with E-state index in [4.69, 9.17) is 0 Å². The summed E-state index contributed by atoms with van der Waals surface area (Å²) in [5.41, 5.74) is 0. The molecule has 0 aliphatic heterocycles. The summed E-state index contributed by atoms with van der Waals surface area (Å²) < 4.78 is 1.67. The second-order valence-electron chi connectivity index (χ2n) is 6.35. The molecule has 0 aromatic heterocycles. The molecule has 0 saturated carbocycles. The fourth-order valence-corrected chi connectivity index (χ4v) is 4.48. The molecule has 0 N–H and O–H groups in total. The van der Waals surface area contributed by atoms with E-state index in [9.17, 15) is 9.59 Å². The number of carbonyl (C=O) groups excluding carboxylic acids is 2. The van der Waals surface area contributed by atoms with E-state index in [1.54, 1.807) is 9.80 Å². The Hall–Kier alpha value is -0.890. The average molecular weight is 451 g/mol. The number of alkyl halides is 2. The maximum absolute atomic E-state index is 11.6. The van der Waals surface area contributed by atoms with Gasteiger partial charge in [0.25, 0.3) is 0 Å². The van der Waals surface area contributed by atoms with E-state index in [0.29, 0.717) is 4.05 Å². The van der Waals surface area contributed by atoms with Crippen LogP contribution in [0.5, 0.6) is 0 Å². The number of hydrogen-bond donors (Lipinski definition) is 0. The summed E-state index contributed by atoms with van der Waals surface area (Å²) in [6.07, 6.45) is 4.67. The molecule has 0 aliphatic rings. The van der Waals surface area contributed by atoms with E-state index >= 15 is 0 Å². The van der Waals surface area contributed by atoms with Crippen LogP contribution < -0.4 is 21.2 Å². The number of hydrogen-bond acceptors (Lipinski definition) is 2. The first-order chi connectivity index (χ1) is 11.2. The van der Waals surface area contributed by atoms with E-state index in [1.807, 2.05) is 14.1 Å². The summed E-state index contributed by atoms with van der Waals surface area (Å²) >= 11 is 0.135. The standard InChI is InChI=1S/C18H34IN3O2/c1-8-17(23)20(5)12-10-14-22(7,16(3)19-4)15-11-13-21(6)18(24)9-2/h8-9,16H,1-2,10-15H2,3-7H3/t16-/m0/s1. The molecule has 0 heterocycles. The van der Waals surface area contributed by atoms with Crippen molar-refractivity contribution in [3.63, 3.8) is 0 Å². The Morgan fingerprint density at radius 2 is 1.42 bits per heavy atom. The second kappa shape index (κ2) is 11.6. The zero-order valence-electron chi connectivity index (χ0n) is 15.9. The van der Waals surface area contributed by atoms with Crippen molar-refractivity contribution >= 4 is 11.8 Å². The van der Waals surface area contributed by atoms with Gasteiger partial charge in [0, 0.05) is 0 Å². The molecular weight excluding hydrogens is 417 g/mol. The summed E-state index contributed by atoms with van der Waals surface area (Å²) in [7, 11) is 5.94. The van der Waals surface area contributed by atoms with Gasteiger partial charge in [0.15, 0.2) is 0 Å². The van der Waals surface area contributed by atoms with Gasteiger partial charge in [0.1, 0.15) is 0 Å². The SMILES string of the molecule is C=CC(=O)N(C)CCC[N+](C)(CCCN(C)C(=O)C=C)[C@@H](C)[I-]C. The van der Waals surface area contributed by atoms with Crippen molar-refractivity contribution in [2.24, 2.45) is 0 Å². The van der Waals surface area contributed by atoms with Crippen LogP contribution in [0.25, 0.3) is 0 Å². The molecule has 0 unspecified atom stereocenters. The first kappa shape index (κ1) is 23.1. The second-order valence-corrected chi connectivity index (χ2v) is 9.40. The molecule has 0 rings (SSSR count). The molecule has 6 heteroatoms. The number of halogens is 1. The molecule has 0 aromatic carbocycles. The molecular formula is C18H34IN3O2. The van der Waals surface area contributed by atoms with Crippen molar-refractivity contribution in [2.75, 3.05) is 52.3 Å². The van der Waals surface area contributed by atoms with Crippen molar-refractivity contribution in [1.29, 1.82) is 0 Å². The topological polar surface area (TPSA) is 40.6 Å². The number of amides is 2. The monoisotopic (exact) mass is 451 g/mol. The summed E-state index contributed by atoms with van der Waals surface area (Å²) in [6.45, 7) is 13.0. The van der Waals surface area contributed by atoms with E-state index in [0.717, 1.165) is 43.5 Å². The Labute approximate surface area is 158 Å². The third-order valence-electron chi connectivity index (χ3n) is 4.60. The zero-order valence-corrected chi connectivity index (χ0v) is 18.1. The first-order valence-electron chi connectivity index (χ1n) is 8.29. The molecule has 0 fully saturated rings. The summed E-state index contributed by atoms with van der Waals surface area (Å²) in [5, 5.41) is 0. The molecule has 0 spiro atoms. The predicted octanol–water partition coefficient (Wildman–Crippen LogP) is -1.43. The molecule has 140 valence electrons. The number of likely N-dealkylation sites (N-methyl/N-ethyl adjacent to an activating group) is 2. The Balaban J connectivity index is 4.56. The predicted molar refractivity (Wildman–Crippen MR) is 96.2 cm³/mol. The van der Waals surface area contributed by atoms with Gasteiger partial charge in [0.05, 0.1) is 0 Å². The van der Waals surface area contributed by atoms with Gasteiger partial charge in [-0.25, -0.2) is 0 Å². The Bertz CT molecular complexity index is 408. The average Bonchev–Trinajstić information content (AvgIpc) is 2.58. The first-order valence-corrected chi connectivity index (χ1v) is 11.7. The van der Waals surface area contributed by atoms with Gasteiger partial charge in [0.2, 0.25) is 0 Å². The van der Waals surface area contributed by atoms with Crippen LogP contribution in [0.1, 0.15) is 19.8 Å². The van der Waals surface area contributed by atoms with Gasteiger partial charge in [-0.15, -0.1) is 0 Å². The molecule has 0 aromatic rings. The van der Waals surface area contributed by atoms with Gasteiger partial charge >= 0.3 is 158 Å². The fourth-order valence-electron chi connectivity index (χ4n) is 2.57. The van der Waals surface area contributed by atoms with Crippen molar-refractivity contribution in [3.8, 4) is 0 Å². The number of nitrogens with zero attached hydrogens (tertiary/aromatic N) is 3. The van der Waals surface area contributed by atoms with Crippen molar-refractivity contribution in [3.05, 3.63) is 25.3 Å². The van der Waals surface area contributed by atoms with E-state index in [1.165, 1.54) is 12.2 Å². The van der Waals surface area contributed by atoms with Crippen molar-refractivity contribution in [2.45, 2.75) is 23.8 Å². The Kier molecular flexibility index (Phi) is 11.2. The molecule has 0 radical (unpaired) electrons. The van der Waals surface area contributed by atoms with Crippen LogP contribution in [0.4, 0.5) is 0 Å². The summed E-state index contributed by atoms with van der Waals surface area (Å²) in [5.74, 6) is -0.0468. The summed E-state index contributed by atoms with van der Waals surface area (Å²) in [6, 6.07) is 0. The molecule has 24 heavy (non-hydrogen) atoms. The normalized spacial score (nSPS) is 12.5. The molecule has 1 atom stereocenters. The Morgan fingerprint density at radius 1 is 1.04 bits per heavy atom. The van der Waals surface area contributed by atoms with Gasteiger partial charge in [-0.1, -0.05) is 0 Å². The summed E-state index contributed by atoms with van der Waals surface area (Å²) in [4.78, 5) is 28.9. The van der Waals surface area contributed by atoms with Crippen LogP contribution >= 0.6 is 0 Å². The van der Waals surface area contributed by atoms with E-state index in [-0.39, 0.29) is 33.0 Å². The fraction of sp³-hybridized carbons (Fsp3) is 0.667. The van der Waals surface area contributed by atoms with Crippen molar-refractivity contribution < 1.29 is 35.3 Å². The molecule has 0 saturated heterocycles. The molecule has 5 nitrogen and oxygen atoms in total. The minimum absolute atomic E-state index is 0.0234. The van der Waals surface area contributed by atoms with Gasteiger partial charge in [-0.3, -0.25) is 0 Å². The number of quaternary nitrogens is 1. The zero-order chi connectivity index (χ0) is 18.8.